The molecule has 0 aromatic heterocycles. The predicted octanol–water partition coefficient (Wildman–Crippen LogP) is 2.80. The predicted molar refractivity (Wildman–Crippen MR) is 37.3 cm³/mol. The molecule has 0 radical (unpaired) electrons. The van der Waals surface area contributed by atoms with Crippen LogP contribution in [0.1, 0.15) is 33.1 Å². The van der Waals surface area contributed by atoms with Crippen molar-refractivity contribution in [3.8, 4) is 0 Å². The molecule has 0 spiro atoms. The zero-order chi connectivity index (χ0) is 6.20. The lowest BCUT2D eigenvalue weighted by Crippen LogP contribution is -2.18. The first-order valence-corrected chi connectivity index (χ1v) is 3.69. The van der Waals surface area contributed by atoms with Gasteiger partial charge in [-0.15, -0.1) is 11.6 Å². The third-order valence-corrected chi connectivity index (χ3v) is 2.89. The first-order valence-electron chi connectivity index (χ1n) is 3.32. The van der Waals surface area contributed by atoms with E-state index in [1.165, 1.54) is 19.3 Å². The van der Waals surface area contributed by atoms with E-state index in [0.717, 1.165) is 5.92 Å². The molecule has 8 heavy (non-hydrogen) atoms. The smallest absolute Gasteiger partial charge is 0.0444 e. The van der Waals surface area contributed by atoms with E-state index in [9.17, 15) is 0 Å². The van der Waals surface area contributed by atoms with Gasteiger partial charge >= 0.3 is 0 Å². The molecular weight excluding hydrogens is 120 g/mol. The average Bonchev–Trinajstić information content (AvgIpc) is 1.86. The molecule has 2 atom stereocenters. The van der Waals surface area contributed by atoms with Gasteiger partial charge in [-0.1, -0.05) is 13.3 Å². The van der Waals surface area contributed by atoms with Crippen molar-refractivity contribution in [1.29, 1.82) is 0 Å². The molecule has 0 N–H and O–H groups in total. The fraction of sp³-hybridized carbons (Fsp3) is 1.00. The molecule has 1 rings (SSSR count). The molecule has 0 aromatic carbocycles. The summed E-state index contributed by atoms with van der Waals surface area (Å²) in [6.07, 6.45) is 3.84. The summed E-state index contributed by atoms with van der Waals surface area (Å²) >= 11 is 6.12. The van der Waals surface area contributed by atoms with Gasteiger partial charge in [0.25, 0.3) is 0 Å². The van der Waals surface area contributed by atoms with E-state index in [2.05, 4.69) is 13.8 Å². The van der Waals surface area contributed by atoms with Crippen LogP contribution in [0.2, 0.25) is 0 Å². The van der Waals surface area contributed by atoms with Crippen LogP contribution in [-0.4, -0.2) is 4.87 Å². The normalized spacial score (nSPS) is 47.6. The second-order valence-electron chi connectivity index (χ2n) is 3.07. The van der Waals surface area contributed by atoms with Crippen LogP contribution >= 0.6 is 11.6 Å². The van der Waals surface area contributed by atoms with Gasteiger partial charge < -0.3 is 0 Å². The molecule has 0 aromatic rings. The molecule has 1 fully saturated rings. The first kappa shape index (κ1) is 6.41. The Kier molecular flexibility index (Phi) is 1.53. The van der Waals surface area contributed by atoms with Crippen LogP contribution in [0.5, 0.6) is 0 Å². The van der Waals surface area contributed by atoms with Gasteiger partial charge in [-0.2, -0.15) is 0 Å². The molecule has 2 unspecified atom stereocenters. The minimum atomic E-state index is 0.125. The van der Waals surface area contributed by atoms with Crippen molar-refractivity contribution in [2.75, 3.05) is 0 Å². The summed E-state index contributed by atoms with van der Waals surface area (Å²) < 4.78 is 0. The van der Waals surface area contributed by atoms with E-state index >= 15 is 0 Å². The van der Waals surface area contributed by atoms with E-state index in [0.29, 0.717) is 0 Å². The van der Waals surface area contributed by atoms with Crippen LogP contribution in [0.3, 0.4) is 0 Å². The number of halogens is 1. The van der Waals surface area contributed by atoms with Gasteiger partial charge in [0.2, 0.25) is 0 Å². The summed E-state index contributed by atoms with van der Waals surface area (Å²) in [5, 5.41) is 0. The number of rotatable bonds is 0. The second kappa shape index (κ2) is 1.91. The van der Waals surface area contributed by atoms with E-state index in [-0.39, 0.29) is 4.87 Å². The van der Waals surface area contributed by atoms with Crippen molar-refractivity contribution in [2.45, 2.75) is 38.0 Å². The lowest BCUT2D eigenvalue weighted by Gasteiger charge is -2.19. The Morgan fingerprint density at radius 3 is 2.38 bits per heavy atom. The van der Waals surface area contributed by atoms with Crippen LogP contribution in [0.25, 0.3) is 0 Å². The monoisotopic (exact) mass is 132 g/mol. The van der Waals surface area contributed by atoms with Crippen LogP contribution in [0, 0.1) is 5.92 Å². The molecule has 0 saturated heterocycles. The summed E-state index contributed by atoms with van der Waals surface area (Å²) in [6.45, 7) is 4.38. The van der Waals surface area contributed by atoms with Gasteiger partial charge in [0.15, 0.2) is 0 Å². The van der Waals surface area contributed by atoms with Gasteiger partial charge in [-0.25, -0.2) is 0 Å². The minimum absolute atomic E-state index is 0.125. The lowest BCUT2D eigenvalue weighted by molar-refractivity contribution is 0.493. The van der Waals surface area contributed by atoms with Crippen LogP contribution in [0.4, 0.5) is 0 Å². The molecule has 1 aliphatic rings. The molecule has 1 aliphatic carbocycles. The quantitative estimate of drug-likeness (QED) is 0.445. The Hall–Kier alpha value is 0.290. The fourth-order valence-electron chi connectivity index (χ4n) is 1.30. The van der Waals surface area contributed by atoms with Crippen molar-refractivity contribution in [3.63, 3.8) is 0 Å². The number of alkyl halides is 1. The number of hydrogen-bond donors (Lipinski definition) is 0. The highest BCUT2D eigenvalue weighted by atomic mass is 35.5. The summed E-state index contributed by atoms with van der Waals surface area (Å²) in [5.41, 5.74) is 0. The lowest BCUT2D eigenvalue weighted by atomic mass is 10.00. The van der Waals surface area contributed by atoms with E-state index < -0.39 is 0 Å². The van der Waals surface area contributed by atoms with Crippen LogP contribution in [0.15, 0.2) is 0 Å². The third-order valence-electron chi connectivity index (χ3n) is 2.33. The third kappa shape index (κ3) is 0.997. The van der Waals surface area contributed by atoms with E-state index in [4.69, 9.17) is 11.6 Å². The van der Waals surface area contributed by atoms with Crippen molar-refractivity contribution in [3.05, 3.63) is 0 Å². The molecule has 48 valence electrons. The summed E-state index contributed by atoms with van der Waals surface area (Å²) in [7, 11) is 0. The summed E-state index contributed by atoms with van der Waals surface area (Å²) in [4.78, 5) is 0.125. The maximum absolute atomic E-state index is 6.12. The Balaban J connectivity index is 2.54. The largest absolute Gasteiger partial charge is 0.119 e. The van der Waals surface area contributed by atoms with Gasteiger partial charge in [-0.05, 0) is 25.7 Å². The Bertz CT molecular complexity index is 86.4. The Labute approximate surface area is 56.2 Å². The van der Waals surface area contributed by atoms with Crippen molar-refractivity contribution < 1.29 is 0 Å². The van der Waals surface area contributed by atoms with Crippen LogP contribution < -0.4 is 0 Å². The number of hydrogen-bond acceptors (Lipinski definition) is 0. The summed E-state index contributed by atoms with van der Waals surface area (Å²) in [5.74, 6) is 0.726. The zero-order valence-corrected chi connectivity index (χ0v) is 6.33. The van der Waals surface area contributed by atoms with Gasteiger partial charge in [0, 0.05) is 4.87 Å². The van der Waals surface area contributed by atoms with Gasteiger partial charge in [0.05, 0.1) is 0 Å². The molecular formula is C7H13Cl. The van der Waals surface area contributed by atoms with Gasteiger partial charge in [-0.3, -0.25) is 0 Å². The minimum Gasteiger partial charge on any atom is -0.119 e. The fourth-order valence-corrected chi connectivity index (χ4v) is 1.54. The Morgan fingerprint density at radius 1 is 1.62 bits per heavy atom. The maximum Gasteiger partial charge on any atom is 0.0444 e. The molecule has 0 aliphatic heterocycles. The zero-order valence-electron chi connectivity index (χ0n) is 5.58. The standard InChI is InChI=1S/C7H13Cl/c1-6-4-3-5-7(6,2)8/h6H,3-5H2,1-2H3. The highest BCUT2D eigenvalue weighted by Gasteiger charge is 2.32. The first-order chi connectivity index (χ1) is 3.63. The van der Waals surface area contributed by atoms with E-state index in [1.54, 1.807) is 0 Å². The SMILES string of the molecule is CC1CCCC1(C)Cl. The van der Waals surface area contributed by atoms with Crippen molar-refractivity contribution >= 4 is 11.6 Å². The Morgan fingerprint density at radius 2 is 2.25 bits per heavy atom. The molecule has 1 saturated carbocycles. The highest BCUT2D eigenvalue weighted by Crippen LogP contribution is 2.39. The van der Waals surface area contributed by atoms with Crippen LogP contribution in [-0.2, 0) is 0 Å². The molecule has 0 heterocycles. The molecule has 0 bridgehead atoms. The molecule has 0 nitrogen and oxygen atoms in total. The average molecular weight is 133 g/mol. The highest BCUT2D eigenvalue weighted by molar-refractivity contribution is 6.24. The maximum atomic E-state index is 6.12. The summed E-state index contributed by atoms with van der Waals surface area (Å²) in [6, 6.07) is 0. The second-order valence-corrected chi connectivity index (χ2v) is 3.93. The molecule has 1 heteroatoms. The van der Waals surface area contributed by atoms with Crippen molar-refractivity contribution in [2.24, 2.45) is 5.92 Å². The van der Waals surface area contributed by atoms with Crippen molar-refractivity contribution in [1.82, 2.24) is 0 Å². The molecule has 0 amide bonds. The topological polar surface area (TPSA) is 0 Å². The van der Waals surface area contributed by atoms with E-state index in [1.807, 2.05) is 0 Å². The van der Waals surface area contributed by atoms with Gasteiger partial charge in [0.1, 0.15) is 0 Å².